The predicted molar refractivity (Wildman–Crippen MR) is 98.2 cm³/mol. The van der Waals surface area contributed by atoms with Crippen molar-refractivity contribution in [3.05, 3.63) is 71.0 Å². The average molecular weight is 398 g/mol. The molecule has 0 N–H and O–H groups in total. The summed E-state index contributed by atoms with van der Waals surface area (Å²) in [5.74, 6) is 0.817. The molecule has 0 spiro atoms. The van der Waals surface area contributed by atoms with Crippen molar-refractivity contribution < 1.29 is 0 Å². The maximum absolute atomic E-state index is 4.37. The molecule has 5 nitrogen and oxygen atoms in total. The second-order valence-electron chi connectivity index (χ2n) is 5.10. The van der Waals surface area contributed by atoms with E-state index in [0.29, 0.717) is 0 Å². The Morgan fingerprint density at radius 1 is 0.958 bits per heavy atom. The van der Waals surface area contributed by atoms with E-state index in [-0.39, 0.29) is 0 Å². The monoisotopic (exact) mass is 397 g/mol. The van der Waals surface area contributed by atoms with Gasteiger partial charge in [-0.2, -0.15) is 4.68 Å². The lowest BCUT2D eigenvalue weighted by molar-refractivity contribution is 0.817. The maximum atomic E-state index is 4.37. The van der Waals surface area contributed by atoms with E-state index >= 15 is 0 Å². The Hall–Kier alpha value is -2.25. The highest BCUT2D eigenvalue weighted by Crippen LogP contribution is 2.27. The van der Waals surface area contributed by atoms with E-state index in [1.165, 1.54) is 5.56 Å². The van der Waals surface area contributed by atoms with Gasteiger partial charge in [-0.3, -0.25) is 0 Å². The van der Waals surface area contributed by atoms with Crippen molar-refractivity contribution in [3.8, 4) is 5.69 Å². The highest BCUT2D eigenvalue weighted by Gasteiger charge is 2.13. The maximum Gasteiger partial charge on any atom is 0.187 e. The molecular weight excluding hydrogens is 386 g/mol. The number of hydrogen-bond acceptors (Lipinski definition) is 5. The van der Waals surface area contributed by atoms with Crippen molar-refractivity contribution in [1.82, 2.24) is 25.0 Å². The Kier molecular flexibility index (Phi) is 4.27. The summed E-state index contributed by atoms with van der Waals surface area (Å²) in [5, 5.41) is 9.36. The number of thioether (sulfide) groups is 1. The van der Waals surface area contributed by atoms with Gasteiger partial charge in [0.05, 0.1) is 5.69 Å². The lowest BCUT2D eigenvalue weighted by Gasteiger charge is -2.03. The van der Waals surface area contributed by atoms with Gasteiger partial charge < -0.3 is 0 Å². The number of rotatable bonds is 4. The van der Waals surface area contributed by atoms with Crippen LogP contribution in [0.15, 0.2) is 70.4 Å². The molecule has 0 unspecified atom stereocenters. The van der Waals surface area contributed by atoms with Crippen LogP contribution in [0.25, 0.3) is 16.9 Å². The van der Waals surface area contributed by atoms with Gasteiger partial charge in [-0.15, -0.1) is 5.10 Å². The second kappa shape index (κ2) is 6.70. The Morgan fingerprint density at radius 2 is 1.75 bits per heavy atom. The summed E-state index contributed by atoms with van der Waals surface area (Å²) in [4.78, 5) is 8.73. The minimum absolute atomic E-state index is 0.717. The van der Waals surface area contributed by atoms with Crippen molar-refractivity contribution in [3.63, 3.8) is 0 Å². The smallest absolute Gasteiger partial charge is 0.187 e. The molecule has 0 saturated heterocycles. The van der Waals surface area contributed by atoms with E-state index in [1.807, 2.05) is 42.5 Å². The minimum atomic E-state index is 0.717. The normalized spacial score (nSPS) is 11.0. The van der Waals surface area contributed by atoms with Crippen LogP contribution >= 0.6 is 27.7 Å². The van der Waals surface area contributed by atoms with Crippen LogP contribution in [-0.2, 0) is 5.75 Å². The average Bonchev–Trinajstić information content (AvgIpc) is 3.07. The van der Waals surface area contributed by atoms with Crippen LogP contribution in [0, 0.1) is 0 Å². The first-order chi connectivity index (χ1) is 11.8. The zero-order chi connectivity index (χ0) is 16.4. The third-order valence-electron chi connectivity index (χ3n) is 3.49. The molecule has 118 valence electrons. The molecule has 0 amide bonds. The zero-order valence-corrected chi connectivity index (χ0v) is 14.9. The lowest BCUT2D eigenvalue weighted by Crippen LogP contribution is -1.97. The van der Waals surface area contributed by atoms with Crippen molar-refractivity contribution in [2.45, 2.75) is 10.8 Å². The fraction of sp³-hybridized carbons (Fsp3) is 0.0588. The van der Waals surface area contributed by atoms with Crippen LogP contribution in [0.3, 0.4) is 0 Å². The number of benzene rings is 2. The van der Waals surface area contributed by atoms with Crippen molar-refractivity contribution in [2.75, 3.05) is 0 Å². The number of nitrogens with zero attached hydrogens (tertiary/aromatic N) is 5. The molecule has 0 atom stereocenters. The molecule has 2 heterocycles. The van der Waals surface area contributed by atoms with E-state index < -0.39 is 0 Å². The Bertz CT molecular complexity index is 969. The van der Waals surface area contributed by atoms with Crippen LogP contribution in [-0.4, -0.2) is 25.0 Å². The molecule has 4 rings (SSSR count). The topological polar surface area (TPSA) is 56.5 Å². The molecule has 0 fully saturated rings. The van der Waals surface area contributed by atoms with E-state index in [1.54, 1.807) is 22.8 Å². The van der Waals surface area contributed by atoms with Crippen LogP contribution in [0.1, 0.15) is 5.56 Å². The largest absolute Gasteiger partial charge is 0.227 e. The summed E-state index contributed by atoms with van der Waals surface area (Å²) in [7, 11) is 0. The van der Waals surface area contributed by atoms with E-state index in [0.717, 1.165) is 32.1 Å². The molecule has 4 aromatic rings. The molecule has 0 aliphatic rings. The van der Waals surface area contributed by atoms with Crippen LogP contribution in [0.2, 0.25) is 0 Å². The van der Waals surface area contributed by atoms with E-state index in [9.17, 15) is 0 Å². The van der Waals surface area contributed by atoms with Crippen LogP contribution in [0.5, 0.6) is 0 Å². The predicted octanol–water partition coefficient (Wildman–Crippen LogP) is 4.27. The second-order valence-corrected chi connectivity index (χ2v) is 6.98. The standard InChI is InChI=1S/C17H12BrN5S/c18-13-8-6-12(7-9-13)10-24-17-15-16(19-11-20-17)23(22-21-15)14-4-2-1-3-5-14/h1-9,11H,10H2. The van der Waals surface area contributed by atoms with Gasteiger partial charge in [0.2, 0.25) is 0 Å². The molecule has 2 aromatic heterocycles. The van der Waals surface area contributed by atoms with E-state index in [4.69, 9.17) is 0 Å². The number of halogens is 1. The highest BCUT2D eigenvalue weighted by molar-refractivity contribution is 9.10. The van der Waals surface area contributed by atoms with Crippen LogP contribution < -0.4 is 0 Å². The molecule has 0 bridgehead atoms. The summed E-state index contributed by atoms with van der Waals surface area (Å²) < 4.78 is 2.81. The zero-order valence-electron chi connectivity index (χ0n) is 12.5. The Morgan fingerprint density at radius 3 is 2.54 bits per heavy atom. The van der Waals surface area contributed by atoms with Gasteiger partial charge in [-0.25, -0.2) is 9.97 Å². The molecule has 24 heavy (non-hydrogen) atoms. The number of hydrogen-bond donors (Lipinski definition) is 0. The van der Waals surface area contributed by atoms with Gasteiger partial charge in [-0.05, 0) is 29.8 Å². The van der Waals surface area contributed by atoms with E-state index in [2.05, 4.69) is 48.3 Å². The molecule has 0 radical (unpaired) electrons. The number of aromatic nitrogens is 5. The first-order valence-electron chi connectivity index (χ1n) is 7.30. The summed E-state index contributed by atoms with van der Waals surface area (Å²) in [6.07, 6.45) is 1.56. The van der Waals surface area contributed by atoms with Gasteiger partial charge in [-0.1, -0.05) is 63.2 Å². The SMILES string of the molecule is Brc1ccc(CSc2ncnc3c2nnn3-c2ccccc2)cc1. The highest BCUT2D eigenvalue weighted by atomic mass is 79.9. The minimum Gasteiger partial charge on any atom is -0.227 e. The van der Waals surface area contributed by atoms with Crippen molar-refractivity contribution >= 4 is 38.9 Å². The summed E-state index contributed by atoms with van der Waals surface area (Å²) >= 11 is 5.09. The summed E-state index contributed by atoms with van der Waals surface area (Å²) in [5.41, 5.74) is 3.60. The Labute approximate surface area is 151 Å². The lowest BCUT2D eigenvalue weighted by atomic mass is 10.2. The molecule has 0 aliphatic heterocycles. The molecule has 0 saturated carbocycles. The quantitative estimate of drug-likeness (QED) is 0.380. The third-order valence-corrected chi connectivity index (χ3v) is 5.07. The third kappa shape index (κ3) is 3.05. The van der Waals surface area contributed by atoms with Gasteiger partial charge in [0.25, 0.3) is 0 Å². The van der Waals surface area contributed by atoms with Gasteiger partial charge in [0, 0.05) is 10.2 Å². The van der Waals surface area contributed by atoms with Gasteiger partial charge in [0.15, 0.2) is 11.2 Å². The fourth-order valence-corrected chi connectivity index (χ4v) is 3.46. The van der Waals surface area contributed by atoms with Crippen LogP contribution in [0.4, 0.5) is 0 Å². The molecule has 7 heteroatoms. The number of fused-ring (bicyclic) bond motifs is 1. The van der Waals surface area contributed by atoms with Crippen molar-refractivity contribution in [2.24, 2.45) is 0 Å². The van der Waals surface area contributed by atoms with Gasteiger partial charge >= 0.3 is 0 Å². The fourth-order valence-electron chi connectivity index (χ4n) is 2.31. The summed E-state index contributed by atoms with van der Waals surface area (Å²) in [6, 6.07) is 18.1. The first-order valence-corrected chi connectivity index (χ1v) is 9.08. The molecule has 0 aliphatic carbocycles. The molecule has 2 aromatic carbocycles. The molecular formula is C17H12BrN5S. The number of para-hydroxylation sites is 1. The summed E-state index contributed by atoms with van der Waals surface area (Å²) in [6.45, 7) is 0. The van der Waals surface area contributed by atoms with Gasteiger partial charge in [0.1, 0.15) is 11.4 Å². The first kappa shape index (κ1) is 15.3. The Balaban J connectivity index is 1.65. The van der Waals surface area contributed by atoms with Crippen molar-refractivity contribution in [1.29, 1.82) is 0 Å².